The van der Waals surface area contributed by atoms with E-state index in [1.165, 1.54) is 0 Å². The lowest BCUT2D eigenvalue weighted by atomic mass is 10.1. The lowest BCUT2D eigenvalue weighted by Crippen LogP contribution is -2.48. The summed E-state index contributed by atoms with van der Waals surface area (Å²) in [6.45, 7) is 7.05. The first-order chi connectivity index (χ1) is 17.7. The molecule has 0 radical (unpaired) electrons. The van der Waals surface area contributed by atoms with Gasteiger partial charge < -0.3 is 15.0 Å². The van der Waals surface area contributed by atoms with Gasteiger partial charge in [0.25, 0.3) is 0 Å². The fourth-order valence-corrected chi connectivity index (χ4v) is 5.14. The summed E-state index contributed by atoms with van der Waals surface area (Å²) in [5.41, 5.74) is 1.80. The quantitative estimate of drug-likeness (QED) is 0.344. The molecule has 2 amide bonds. The topological polar surface area (TPSA) is 105 Å². The molecule has 2 aromatic carbocycles. The molecule has 8 nitrogen and oxygen atoms in total. The summed E-state index contributed by atoms with van der Waals surface area (Å²) in [6, 6.07) is 15.6. The van der Waals surface area contributed by atoms with E-state index in [1.54, 1.807) is 36.1 Å². The van der Waals surface area contributed by atoms with Crippen LogP contribution in [0.2, 0.25) is 0 Å². The van der Waals surface area contributed by atoms with E-state index in [1.807, 2.05) is 44.2 Å². The van der Waals surface area contributed by atoms with Crippen LogP contribution in [0.1, 0.15) is 57.6 Å². The second-order valence-corrected chi connectivity index (χ2v) is 11.5. The average Bonchev–Trinajstić information content (AvgIpc) is 3.69. The molecule has 2 N–H and O–H groups in total. The number of carbonyl (C=O) groups excluding carboxylic acids is 2. The molecule has 0 unspecified atom stereocenters. The van der Waals surface area contributed by atoms with Gasteiger partial charge in [-0.2, -0.15) is 0 Å². The van der Waals surface area contributed by atoms with Gasteiger partial charge in [0, 0.05) is 32.2 Å². The number of hydrogen-bond donors (Lipinski definition) is 2. The lowest BCUT2D eigenvalue weighted by molar-refractivity contribution is -0.140. The van der Waals surface area contributed by atoms with Crippen LogP contribution in [0.25, 0.3) is 0 Å². The minimum atomic E-state index is -3.51. The highest BCUT2D eigenvalue weighted by atomic mass is 32.2. The number of hydrogen-bond acceptors (Lipinski definition) is 5. The molecule has 0 aliphatic heterocycles. The minimum absolute atomic E-state index is 0.0467. The first kappa shape index (κ1) is 28.8. The van der Waals surface area contributed by atoms with Crippen LogP contribution < -0.4 is 10.0 Å². The molecule has 1 saturated carbocycles. The van der Waals surface area contributed by atoms with Gasteiger partial charge in [0.2, 0.25) is 21.8 Å². The van der Waals surface area contributed by atoms with Crippen LogP contribution in [0, 0.1) is 0 Å². The highest BCUT2D eigenvalue weighted by molar-refractivity contribution is 7.89. The normalized spacial score (nSPS) is 14.4. The van der Waals surface area contributed by atoms with E-state index in [4.69, 9.17) is 4.74 Å². The van der Waals surface area contributed by atoms with E-state index in [0.717, 1.165) is 24.0 Å². The maximum atomic E-state index is 13.3. The zero-order chi connectivity index (χ0) is 26.8. The van der Waals surface area contributed by atoms with Gasteiger partial charge in [-0.25, -0.2) is 13.1 Å². The van der Waals surface area contributed by atoms with Crippen LogP contribution >= 0.6 is 0 Å². The third kappa shape index (κ3) is 9.57. The molecule has 1 fully saturated rings. The molecule has 3 rings (SSSR count). The van der Waals surface area contributed by atoms with Crippen LogP contribution in [0.4, 0.5) is 0 Å². The minimum Gasteiger partial charge on any atom is -0.379 e. The summed E-state index contributed by atoms with van der Waals surface area (Å²) in [6.07, 6.45) is 3.25. The van der Waals surface area contributed by atoms with Crippen molar-refractivity contribution in [3.63, 3.8) is 0 Å². The Hall–Kier alpha value is -2.75. The zero-order valence-corrected chi connectivity index (χ0v) is 22.8. The number of aryl methyl sites for hydroxylation is 1. The monoisotopic (exact) mass is 529 g/mol. The zero-order valence-electron chi connectivity index (χ0n) is 22.0. The predicted molar refractivity (Wildman–Crippen MR) is 143 cm³/mol. The molecule has 1 atom stereocenters. The van der Waals surface area contributed by atoms with E-state index in [9.17, 15) is 18.0 Å². The standard InChI is InChI=1S/C28H39N3O5S/c1-21(2)36-19-7-18-29-28(33)22(3)31(20-24-8-5-4-6-9-24)27(32)17-12-23-10-15-26(16-11-23)37(34,35)30-25-13-14-25/h4-6,8-11,15-16,21-22,25,30H,7,12-14,17-20H2,1-3H3,(H,29,33)/t22-/m1/s1. The second kappa shape index (κ2) is 13.7. The Balaban J connectivity index is 1.59. The van der Waals surface area contributed by atoms with Crippen molar-refractivity contribution in [1.29, 1.82) is 0 Å². The van der Waals surface area contributed by atoms with Gasteiger partial charge in [-0.15, -0.1) is 0 Å². The number of benzene rings is 2. The average molecular weight is 530 g/mol. The van der Waals surface area contributed by atoms with Gasteiger partial charge in [0.15, 0.2) is 0 Å². The van der Waals surface area contributed by atoms with Gasteiger partial charge in [-0.3, -0.25) is 9.59 Å². The van der Waals surface area contributed by atoms with Crippen molar-refractivity contribution in [1.82, 2.24) is 14.9 Å². The van der Waals surface area contributed by atoms with E-state index >= 15 is 0 Å². The Morgan fingerprint density at radius 1 is 1.00 bits per heavy atom. The number of nitrogens with one attached hydrogen (secondary N) is 2. The summed E-state index contributed by atoms with van der Waals surface area (Å²) < 4.78 is 33.0. The SMILES string of the molecule is CC(C)OCCCNC(=O)[C@@H](C)N(Cc1ccccc1)C(=O)CCc1ccc(S(=O)(=O)NC2CC2)cc1. The molecule has 0 saturated heterocycles. The van der Waals surface area contributed by atoms with Crippen LogP contribution in [-0.4, -0.2) is 56.5 Å². The second-order valence-electron chi connectivity index (χ2n) is 9.79. The third-order valence-corrected chi connectivity index (χ3v) is 7.73. The maximum Gasteiger partial charge on any atom is 0.242 e. The fourth-order valence-electron chi connectivity index (χ4n) is 3.83. The highest BCUT2D eigenvalue weighted by Crippen LogP contribution is 2.22. The number of carbonyl (C=O) groups is 2. The Morgan fingerprint density at radius 2 is 1.68 bits per heavy atom. The number of sulfonamides is 1. The van der Waals surface area contributed by atoms with Gasteiger partial charge >= 0.3 is 0 Å². The van der Waals surface area contributed by atoms with Crippen LogP contribution in [0.5, 0.6) is 0 Å². The Labute approximate surface area is 220 Å². The molecule has 0 aromatic heterocycles. The first-order valence-corrected chi connectivity index (χ1v) is 14.5. The van der Waals surface area contributed by atoms with Crippen molar-refractivity contribution >= 4 is 21.8 Å². The molecular weight excluding hydrogens is 490 g/mol. The molecule has 0 heterocycles. The molecule has 0 bridgehead atoms. The molecule has 2 aromatic rings. The molecule has 202 valence electrons. The maximum absolute atomic E-state index is 13.3. The van der Waals surface area contributed by atoms with Gasteiger partial charge in [-0.05, 0) is 69.7 Å². The summed E-state index contributed by atoms with van der Waals surface area (Å²) in [7, 11) is -3.51. The summed E-state index contributed by atoms with van der Waals surface area (Å²) in [5.74, 6) is -0.340. The lowest BCUT2D eigenvalue weighted by Gasteiger charge is -2.29. The smallest absolute Gasteiger partial charge is 0.242 e. The Bertz CT molecular complexity index is 1120. The van der Waals surface area contributed by atoms with E-state index < -0.39 is 16.1 Å². The van der Waals surface area contributed by atoms with Crippen LogP contribution in [0.3, 0.4) is 0 Å². The number of amides is 2. The van der Waals surface area contributed by atoms with Gasteiger partial charge in [0.1, 0.15) is 6.04 Å². The van der Waals surface area contributed by atoms with Crippen molar-refractivity contribution < 1.29 is 22.7 Å². The predicted octanol–water partition coefficient (Wildman–Crippen LogP) is 3.41. The van der Waals surface area contributed by atoms with Crippen LogP contribution in [0.15, 0.2) is 59.5 Å². The largest absolute Gasteiger partial charge is 0.379 e. The fraction of sp³-hybridized carbons (Fsp3) is 0.500. The number of rotatable bonds is 15. The summed E-state index contributed by atoms with van der Waals surface area (Å²) in [4.78, 5) is 28.0. The van der Waals surface area contributed by atoms with Gasteiger partial charge in [-0.1, -0.05) is 42.5 Å². The summed E-state index contributed by atoms with van der Waals surface area (Å²) >= 11 is 0. The molecule has 37 heavy (non-hydrogen) atoms. The van der Waals surface area contributed by atoms with Crippen molar-refractivity contribution in [3.8, 4) is 0 Å². The van der Waals surface area contributed by atoms with E-state index in [0.29, 0.717) is 32.5 Å². The molecule has 1 aliphatic rings. The first-order valence-electron chi connectivity index (χ1n) is 13.0. The summed E-state index contributed by atoms with van der Waals surface area (Å²) in [5, 5.41) is 2.91. The molecule has 1 aliphatic carbocycles. The van der Waals surface area contributed by atoms with Crippen molar-refractivity contribution in [2.45, 2.75) is 82.5 Å². The van der Waals surface area contributed by atoms with E-state index in [-0.39, 0.29) is 35.3 Å². The molecule has 9 heteroatoms. The Morgan fingerprint density at radius 3 is 2.30 bits per heavy atom. The third-order valence-electron chi connectivity index (χ3n) is 6.19. The van der Waals surface area contributed by atoms with Crippen molar-refractivity contribution in [2.75, 3.05) is 13.2 Å². The molecule has 0 spiro atoms. The number of nitrogens with zero attached hydrogens (tertiary/aromatic N) is 1. The van der Waals surface area contributed by atoms with Crippen LogP contribution in [-0.2, 0) is 37.3 Å². The van der Waals surface area contributed by atoms with Crippen molar-refractivity contribution in [2.24, 2.45) is 0 Å². The number of ether oxygens (including phenoxy) is 1. The highest BCUT2D eigenvalue weighted by Gasteiger charge is 2.28. The van der Waals surface area contributed by atoms with Gasteiger partial charge in [0.05, 0.1) is 11.0 Å². The van der Waals surface area contributed by atoms with E-state index in [2.05, 4.69) is 10.0 Å². The molecular formula is C28H39N3O5S. The Kier molecular flexibility index (Phi) is 10.7. The van der Waals surface area contributed by atoms with Crippen molar-refractivity contribution in [3.05, 3.63) is 65.7 Å².